The fourth-order valence-corrected chi connectivity index (χ4v) is 3.24. The zero-order chi connectivity index (χ0) is 17.8. The van der Waals surface area contributed by atoms with Crippen LogP contribution in [0.25, 0.3) is 16.6 Å². The minimum Gasteiger partial charge on any atom is -0.338 e. The minimum absolute atomic E-state index is 0.0151. The van der Waals surface area contributed by atoms with Crippen LogP contribution in [0.5, 0.6) is 0 Å². The number of hydrogen-bond acceptors (Lipinski definition) is 2. The molecule has 1 heterocycles. The first kappa shape index (κ1) is 17.8. The van der Waals surface area contributed by atoms with E-state index in [1.54, 1.807) is 4.57 Å². The van der Waals surface area contributed by atoms with Gasteiger partial charge in [-0.2, -0.15) is 0 Å². The number of hydrogen-bond donors (Lipinski definition) is 1. The van der Waals surface area contributed by atoms with E-state index in [4.69, 9.17) is 4.98 Å². The molecule has 0 aliphatic rings. The summed E-state index contributed by atoms with van der Waals surface area (Å²) in [5, 5.41) is 2.91. The topological polar surface area (TPSA) is 51.5 Å². The predicted octanol–water partition coefficient (Wildman–Crippen LogP) is 3.57. The Labute approximate surface area is 156 Å². The Morgan fingerprint density at radius 2 is 1.88 bits per heavy atom. The number of nitrogens with two attached hydrogens (primary N) is 1. The number of quaternary nitrogens is 1. The molecule has 0 saturated heterocycles. The molecule has 5 heteroatoms. The van der Waals surface area contributed by atoms with Crippen molar-refractivity contribution < 1.29 is 5.32 Å². The molecule has 3 aromatic rings. The number of benzene rings is 2. The maximum atomic E-state index is 13.2. The lowest BCUT2D eigenvalue weighted by atomic mass is 10.2. The first-order chi connectivity index (χ1) is 12.1. The largest absolute Gasteiger partial charge is 0.338 e. The maximum Gasteiger partial charge on any atom is 0.266 e. The minimum atomic E-state index is -0.0151. The summed E-state index contributed by atoms with van der Waals surface area (Å²) in [5.41, 5.74) is 1.59. The molecule has 0 unspecified atom stereocenters. The number of nitrogens with zero attached hydrogens (tertiary/aromatic N) is 2. The smallest absolute Gasteiger partial charge is 0.266 e. The van der Waals surface area contributed by atoms with Crippen molar-refractivity contribution in [2.24, 2.45) is 0 Å². The second-order valence-electron chi connectivity index (χ2n) is 6.27. The van der Waals surface area contributed by atoms with Crippen molar-refractivity contribution in [2.45, 2.75) is 32.7 Å². The van der Waals surface area contributed by atoms with Crippen molar-refractivity contribution >= 4 is 26.8 Å². The van der Waals surface area contributed by atoms with E-state index in [1.165, 1.54) is 0 Å². The van der Waals surface area contributed by atoms with Crippen LogP contribution >= 0.6 is 15.9 Å². The van der Waals surface area contributed by atoms with Gasteiger partial charge in [-0.25, -0.2) is 4.98 Å². The van der Waals surface area contributed by atoms with E-state index in [-0.39, 0.29) is 11.6 Å². The molecule has 3 rings (SSSR count). The highest BCUT2D eigenvalue weighted by atomic mass is 79.9. The molecule has 0 aliphatic carbocycles. The van der Waals surface area contributed by atoms with Gasteiger partial charge < -0.3 is 5.32 Å². The van der Waals surface area contributed by atoms with Gasteiger partial charge in [0.15, 0.2) is 5.82 Å². The van der Waals surface area contributed by atoms with E-state index in [2.05, 4.69) is 35.1 Å². The average molecular weight is 401 g/mol. The zero-order valence-corrected chi connectivity index (χ0v) is 16.2. The second kappa shape index (κ2) is 7.93. The number of fused-ring (bicyclic) bond motifs is 1. The van der Waals surface area contributed by atoms with Gasteiger partial charge in [-0.3, -0.25) is 9.36 Å². The fraction of sp³-hybridized carbons (Fsp3) is 0.300. The molecule has 0 radical (unpaired) electrons. The van der Waals surface area contributed by atoms with Crippen LogP contribution in [0.3, 0.4) is 0 Å². The standard InChI is InChI=1S/C20H22BrN3O/c1-3-4-13-22-14(2)19-23-18-8-6-5-7-17(18)20(25)24(19)16-11-9-15(21)10-12-16/h5-12,14,22H,3-4,13H2,1-2H3/p+1/t14-/m1/s1. The Kier molecular flexibility index (Phi) is 5.66. The van der Waals surface area contributed by atoms with Gasteiger partial charge in [0.2, 0.25) is 0 Å². The van der Waals surface area contributed by atoms with Gasteiger partial charge in [0.25, 0.3) is 5.56 Å². The van der Waals surface area contributed by atoms with Crippen molar-refractivity contribution in [2.75, 3.05) is 6.54 Å². The Hall–Kier alpha value is -1.98. The van der Waals surface area contributed by atoms with Crippen molar-refractivity contribution in [3.8, 4) is 5.69 Å². The van der Waals surface area contributed by atoms with Crippen LogP contribution in [-0.2, 0) is 0 Å². The summed E-state index contributed by atoms with van der Waals surface area (Å²) in [7, 11) is 0. The summed E-state index contributed by atoms with van der Waals surface area (Å²) in [4.78, 5) is 18.0. The molecule has 2 aromatic carbocycles. The maximum absolute atomic E-state index is 13.2. The molecule has 1 aromatic heterocycles. The lowest BCUT2D eigenvalue weighted by molar-refractivity contribution is -0.694. The van der Waals surface area contributed by atoms with Crippen LogP contribution < -0.4 is 10.9 Å². The molecule has 25 heavy (non-hydrogen) atoms. The summed E-state index contributed by atoms with van der Waals surface area (Å²) in [5.74, 6) is 0.794. The number of unbranched alkanes of at least 4 members (excludes halogenated alkanes) is 1. The molecule has 2 N–H and O–H groups in total. The van der Waals surface area contributed by atoms with E-state index in [0.29, 0.717) is 5.39 Å². The van der Waals surface area contributed by atoms with Crippen molar-refractivity contribution in [1.29, 1.82) is 0 Å². The molecule has 0 fully saturated rings. The van der Waals surface area contributed by atoms with E-state index in [9.17, 15) is 4.79 Å². The molecule has 0 amide bonds. The predicted molar refractivity (Wildman–Crippen MR) is 105 cm³/mol. The third kappa shape index (κ3) is 3.83. The second-order valence-corrected chi connectivity index (χ2v) is 7.19. The van der Waals surface area contributed by atoms with Crippen LogP contribution in [0, 0.1) is 0 Å². The lowest BCUT2D eigenvalue weighted by Crippen LogP contribution is -2.85. The van der Waals surface area contributed by atoms with Crippen molar-refractivity contribution in [3.63, 3.8) is 0 Å². The highest BCUT2D eigenvalue weighted by Crippen LogP contribution is 2.18. The molecule has 130 valence electrons. The first-order valence-corrected chi connectivity index (χ1v) is 9.52. The molecule has 0 bridgehead atoms. The van der Waals surface area contributed by atoms with Crippen LogP contribution in [0.2, 0.25) is 0 Å². The summed E-state index contributed by atoms with van der Waals surface area (Å²) < 4.78 is 2.74. The number of halogens is 1. The third-order valence-corrected chi connectivity index (χ3v) is 4.90. The van der Waals surface area contributed by atoms with E-state index in [0.717, 1.165) is 40.9 Å². The van der Waals surface area contributed by atoms with E-state index < -0.39 is 0 Å². The van der Waals surface area contributed by atoms with Gasteiger partial charge in [-0.1, -0.05) is 41.4 Å². The summed E-state index contributed by atoms with van der Waals surface area (Å²) in [6.45, 7) is 5.33. The van der Waals surface area contributed by atoms with Crippen molar-refractivity contribution in [3.05, 3.63) is 69.2 Å². The number of para-hydroxylation sites is 1. The summed E-state index contributed by atoms with van der Waals surface area (Å²) in [6, 6.07) is 15.5. The third-order valence-electron chi connectivity index (χ3n) is 4.37. The first-order valence-electron chi connectivity index (χ1n) is 8.72. The van der Waals surface area contributed by atoms with Gasteiger partial charge >= 0.3 is 0 Å². The summed E-state index contributed by atoms with van der Waals surface area (Å²) >= 11 is 3.46. The number of rotatable bonds is 6. The van der Waals surface area contributed by atoms with Crippen LogP contribution in [-0.4, -0.2) is 16.1 Å². The Morgan fingerprint density at radius 1 is 1.16 bits per heavy atom. The molecule has 1 atom stereocenters. The zero-order valence-electron chi connectivity index (χ0n) is 14.6. The van der Waals surface area contributed by atoms with Gasteiger partial charge in [0.1, 0.15) is 6.04 Å². The van der Waals surface area contributed by atoms with E-state index in [1.807, 2.05) is 48.5 Å². The molecule has 0 saturated carbocycles. The molecular weight excluding hydrogens is 378 g/mol. The van der Waals surface area contributed by atoms with Crippen LogP contribution in [0.15, 0.2) is 57.8 Å². The Morgan fingerprint density at radius 3 is 2.60 bits per heavy atom. The highest BCUT2D eigenvalue weighted by Gasteiger charge is 2.19. The quantitative estimate of drug-likeness (QED) is 0.642. The van der Waals surface area contributed by atoms with Crippen LogP contribution in [0.4, 0.5) is 0 Å². The monoisotopic (exact) mass is 400 g/mol. The SMILES string of the molecule is CCCC[NH2+][C@H](C)c1nc2ccccc2c(=O)n1-c1ccc(Br)cc1. The van der Waals surface area contributed by atoms with Crippen molar-refractivity contribution in [1.82, 2.24) is 9.55 Å². The summed E-state index contributed by atoms with van der Waals surface area (Å²) in [6.07, 6.45) is 2.31. The number of aromatic nitrogens is 2. The van der Waals surface area contributed by atoms with Gasteiger partial charge in [0, 0.05) is 4.47 Å². The molecule has 0 spiro atoms. The Bertz CT molecular complexity index is 918. The Balaban J connectivity index is 2.17. The van der Waals surface area contributed by atoms with Gasteiger partial charge in [-0.15, -0.1) is 0 Å². The van der Waals surface area contributed by atoms with Gasteiger partial charge in [0.05, 0.1) is 23.1 Å². The highest BCUT2D eigenvalue weighted by molar-refractivity contribution is 9.10. The lowest BCUT2D eigenvalue weighted by Gasteiger charge is -2.17. The molecule has 0 aliphatic heterocycles. The average Bonchev–Trinajstić information content (AvgIpc) is 2.63. The van der Waals surface area contributed by atoms with Crippen LogP contribution in [0.1, 0.15) is 38.6 Å². The normalized spacial score (nSPS) is 12.4. The van der Waals surface area contributed by atoms with Gasteiger partial charge in [-0.05, 0) is 49.7 Å². The molecular formula is C20H23BrN3O+. The van der Waals surface area contributed by atoms with E-state index >= 15 is 0 Å². The molecule has 4 nitrogen and oxygen atoms in total. The fourth-order valence-electron chi connectivity index (χ4n) is 2.97.